The van der Waals surface area contributed by atoms with Crippen molar-refractivity contribution in [2.24, 2.45) is 10.9 Å². The lowest BCUT2D eigenvalue weighted by Gasteiger charge is -2.24. The van der Waals surface area contributed by atoms with Gasteiger partial charge < -0.3 is 15.6 Å². The zero-order valence-electron chi connectivity index (χ0n) is 18.6. The average molecular weight is 415 g/mol. The fraction of sp³-hybridized carbons (Fsp3) is 0.520. The van der Waals surface area contributed by atoms with Crippen molar-refractivity contribution in [2.75, 3.05) is 19.8 Å². The van der Waals surface area contributed by atoms with Crippen LogP contribution in [-0.4, -0.2) is 30.4 Å². The number of aliphatic hydroxyl groups is 1. The SMILES string of the molecule is C=C/C(=C\C(=C/C)CCC(N)(CO)CN=O)C1=CCC=C(OCCCCCC)C=C1. The molecule has 0 saturated carbocycles. The van der Waals surface area contributed by atoms with Gasteiger partial charge in [-0.25, -0.2) is 0 Å². The number of rotatable bonds is 15. The molecule has 0 amide bonds. The van der Waals surface area contributed by atoms with Crippen molar-refractivity contribution in [1.29, 1.82) is 0 Å². The molecule has 1 atom stereocenters. The van der Waals surface area contributed by atoms with Gasteiger partial charge >= 0.3 is 0 Å². The Hall–Kier alpha value is -2.24. The molecule has 1 aliphatic rings. The molecule has 0 aromatic heterocycles. The second-order valence-corrected chi connectivity index (χ2v) is 7.72. The topological polar surface area (TPSA) is 84.9 Å². The minimum Gasteiger partial charge on any atom is -0.494 e. The van der Waals surface area contributed by atoms with Crippen LogP contribution in [-0.2, 0) is 4.74 Å². The van der Waals surface area contributed by atoms with E-state index in [-0.39, 0.29) is 13.2 Å². The van der Waals surface area contributed by atoms with Crippen molar-refractivity contribution in [3.63, 3.8) is 0 Å². The van der Waals surface area contributed by atoms with Gasteiger partial charge in [0.2, 0.25) is 0 Å². The third-order valence-electron chi connectivity index (χ3n) is 5.22. The molecular weight excluding hydrogens is 376 g/mol. The van der Waals surface area contributed by atoms with Crippen LogP contribution in [0.15, 0.2) is 76.8 Å². The Morgan fingerprint density at radius 2 is 2.13 bits per heavy atom. The van der Waals surface area contributed by atoms with Gasteiger partial charge in [0.1, 0.15) is 12.3 Å². The summed E-state index contributed by atoms with van der Waals surface area (Å²) in [6, 6.07) is 0. The van der Waals surface area contributed by atoms with Gasteiger partial charge in [0.25, 0.3) is 0 Å². The number of nitrogens with two attached hydrogens (primary N) is 1. The highest BCUT2D eigenvalue weighted by Gasteiger charge is 2.24. The molecule has 0 spiro atoms. The molecule has 0 aliphatic heterocycles. The van der Waals surface area contributed by atoms with E-state index in [0.717, 1.165) is 41.9 Å². The fourth-order valence-corrected chi connectivity index (χ4v) is 3.14. The van der Waals surface area contributed by atoms with E-state index < -0.39 is 5.54 Å². The summed E-state index contributed by atoms with van der Waals surface area (Å²) >= 11 is 0. The van der Waals surface area contributed by atoms with Crippen molar-refractivity contribution in [3.8, 4) is 0 Å². The first-order valence-electron chi connectivity index (χ1n) is 10.9. The maximum Gasteiger partial charge on any atom is 0.115 e. The van der Waals surface area contributed by atoms with E-state index >= 15 is 0 Å². The molecule has 0 fully saturated rings. The second kappa shape index (κ2) is 14.7. The zero-order chi connectivity index (χ0) is 22.2. The lowest BCUT2D eigenvalue weighted by Crippen LogP contribution is -2.46. The molecule has 1 unspecified atom stereocenters. The van der Waals surface area contributed by atoms with Gasteiger partial charge in [-0.2, -0.15) is 4.91 Å². The fourth-order valence-electron chi connectivity index (χ4n) is 3.14. The molecule has 30 heavy (non-hydrogen) atoms. The number of nitrogens with zero attached hydrogens (tertiary/aromatic N) is 1. The van der Waals surface area contributed by atoms with E-state index in [2.05, 4.69) is 43.0 Å². The number of hydrogen-bond acceptors (Lipinski definition) is 5. The minimum atomic E-state index is -0.979. The van der Waals surface area contributed by atoms with Gasteiger partial charge in [0.05, 0.1) is 18.8 Å². The summed E-state index contributed by atoms with van der Waals surface area (Å²) in [6.45, 7) is 8.52. The number of unbranched alkanes of at least 4 members (excludes halogenated alkanes) is 3. The molecule has 0 radical (unpaired) electrons. The highest BCUT2D eigenvalue weighted by atomic mass is 16.5. The molecular formula is C25H38N2O3. The maximum atomic E-state index is 10.6. The van der Waals surface area contributed by atoms with E-state index in [1.807, 2.05) is 25.2 Å². The maximum absolute atomic E-state index is 10.6. The summed E-state index contributed by atoms with van der Waals surface area (Å²) in [5.74, 6) is 0.907. The van der Waals surface area contributed by atoms with Crippen molar-refractivity contribution in [2.45, 2.75) is 64.3 Å². The second-order valence-electron chi connectivity index (χ2n) is 7.72. The van der Waals surface area contributed by atoms with Gasteiger partial charge in [-0.15, -0.1) is 0 Å². The highest BCUT2D eigenvalue weighted by Crippen LogP contribution is 2.23. The summed E-state index contributed by atoms with van der Waals surface area (Å²) in [5, 5.41) is 12.3. The Morgan fingerprint density at radius 3 is 2.77 bits per heavy atom. The van der Waals surface area contributed by atoms with Gasteiger partial charge in [-0.1, -0.05) is 73.9 Å². The third kappa shape index (κ3) is 9.51. The Bertz CT molecular complexity index is 701. The average Bonchev–Trinajstić information content (AvgIpc) is 3.00. The molecule has 0 heterocycles. The Kier molecular flexibility index (Phi) is 12.6. The first-order chi connectivity index (χ1) is 14.5. The molecule has 5 heteroatoms. The first-order valence-corrected chi connectivity index (χ1v) is 10.9. The van der Waals surface area contributed by atoms with Crippen LogP contribution in [0.25, 0.3) is 0 Å². The molecule has 1 aliphatic carbocycles. The zero-order valence-corrected chi connectivity index (χ0v) is 18.6. The Balaban J connectivity index is 2.74. The number of hydrogen-bond donors (Lipinski definition) is 2. The molecule has 0 bridgehead atoms. The molecule has 0 saturated heterocycles. The molecule has 5 nitrogen and oxygen atoms in total. The van der Waals surface area contributed by atoms with Crippen LogP contribution >= 0.6 is 0 Å². The van der Waals surface area contributed by atoms with E-state index in [9.17, 15) is 10.0 Å². The summed E-state index contributed by atoms with van der Waals surface area (Å²) in [4.78, 5) is 10.6. The van der Waals surface area contributed by atoms with Gasteiger partial charge in [-0.05, 0) is 55.9 Å². The minimum absolute atomic E-state index is 0.0979. The summed E-state index contributed by atoms with van der Waals surface area (Å²) in [6.07, 6.45) is 20.9. The number of aliphatic hydroxyl groups excluding tert-OH is 1. The van der Waals surface area contributed by atoms with Crippen LogP contribution in [0, 0.1) is 4.91 Å². The third-order valence-corrected chi connectivity index (χ3v) is 5.22. The lowest BCUT2D eigenvalue weighted by atomic mass is 9.91. The number of allylic oxidation sites excluding steroid dienone is 10. The van der Waals surface area contributed by atoms with Crippen molar-refractivity contribution >= 4 is 0 Å². The molecule has 0 aromatic rings. The van der Waals surface area contributed by atoms with Gasteiger partial charge in [-0.3, -0.25) is 0 Å². The highest BCUT2D eigenvalue weighted by molar-refractivity contribution is 5.51. The monoisotopic (exact) mass is 414 g/mol. The molecule has 0 aromatic carbocycles. The predicted molar refractivity (Wildman–Crippen MR) is 126 cm³/mol. The number of nitroso groups, excluding NO2 is 1. The van der Waals surface area contributed by atoms with E-state index in [1.54, 1.807) is 0 Å². The molecule has 1 rings (SSSR count). The molecule has 3 N–H and O–H groups in total. The summed E-state index contributed by atoms with van der Waals surface area (Å²) in [5.41, 5.74) is 8.25. The predicted octanol–water partition coefficient (Wildman–Crippen LogP) is 5.65. The summed E-state index contributed by atoms with van der Waals surface area (Å²) in [7, 11) is 0. The quantitative estimate of drug-likeness (QED) is 0.206. The summed E-state index contributed by atoms with van der Waals surface area (Å²) < 4.78 is 5.90. The standard InChI is InChI=1S/C25H38N2O3/c1-4-7-8-9-17-30-24-12-10-11-23(13-14-24)22(6-3)18-21(5-2)15-16-25(26,20-28)19-27-29/h5-6,11-14,18,28H,3-4,7-10,15-17,19-20,26H2,1-2H3/b21-5-,22-18+. The molecule has 166 valence electrons. The van der Waals surface area contributed by atoms with Crippen LogP contribution < -0.4 is 5.73 Å². The number of ether oxygens (including phenoxy) is 1. The van der Waals surface area contributed by atoms with Crippen LogP contribution in [0.4, 0.5) is 0 Å². The van der Waals surface area contributed by atoms with Crippen molar-refractivity contribution in [1.82, 2.24) is 0 Å². The van der Waals surface area contributed by atoms with E-state index in [0.29, 0.717) is 12.8 Å². The van der Waals surface area contributed by atoms with Crippen LogP contribution in [0.1, 0.15) is 58.8 Å². The normalized spacial score (nSPS) is 16.9. The van der Waals surface area contributed by atoms with Crippen molar-refractivity contribution in [3.05, 3.63) is 76.5 Å². The largest absolute Gasteiger partial charge is 0.494 e. The Labute approximate surface area is 181 Å². The van der Waals surface area contributed by atoms with Crippen LogP contribution in [0.5, 0.6) is 0 Å². The van der Waals surface area contributed by atoms with E-state index in [1.165, 1.54) is 19.3 Å². The van der Waals surface area contributed by atoms with E-state index in [4.69, 9.17) is 10.5 Å². The first kappa shape index (κ1) is 25.8. The van der Waals surface area contributed by atoms with Gasteiger partial charge in [0.15, 0.2) is 0 Å². The van der Waals surface area contributed by atoms with Crippen LogP contribution in [0.2, 0.25) is 0 Å². The van der Waals surface area contributed by atoms with Crippen LogP contribution in [0.3, 0.4) is 0 Å². The van der Waals surface area contributed by atoms with Crippen molar-refractivity contribution < 1.29 is 9.84 Å². The van der Waals surface area contributed by atoms with Gasteiger partial charge in [0, 0.05) is 0 Å². The Morgan fingerprint density at radius 1 is 1.33 bits per heavy atom. The smallest absolute Gasteiger partial charge is 0.115 e. The lowest BCUT2D eigenvalue weighted by molar-refractivity contribution is 0.192.